The van der Waals surface area contributed by atoms with Gasteiger partial charge >= 0.3 is 0 Å². The second-order valence-electron chi connectivity index (χ2n) is 3.24. The lowest BCUT2D eigenvalue weighted by atomic mass is 9.78. The highest BCUT2D eigenvalue weighted by atomic mass is 14.2. The minimum absolute atomic E-state index is 0.453. The topological polar surface area (TPSA) is 0 Å². The molecule has 0 nitrogen and oxygen atoms in total. The van der Waals surface area contributed by atoms with E-state index < -0.39 is 0 Å². The molecule has 0 atom stereocenters. The molecule has 0 saturated heterocycles. The Morgan fingerprint density at radius 1 is 1.30 bits per heavy atom. The van der Waals surface area contributed by atoms with Crippen LogP contribution < -0.4 is 0 Å². The van der Waals surface area contributed by atoms with Gasteiger partial charge in [0.2, 0.25) is 0 Å². The van der Waals surface area contributed by atoms with Gasteiger partial charge in [-0.3, -0.25) is 0 Å². The Kier molecular flexibility index (Phi) is 3.70. The molecule has 0 fully saturated rings. The van der Waals surface area contributed by atoms with E-state index in [0.29, 0.717) is 5.41 Å². The first-order valence-corrected chi connectivity index (χ1v) is 4.24. The molecule has 0 N–H and O–H groups in total. The Balaban J connectivity index is 4.32. The van der Waals surface area contributed by atoms with Gasteiger partial charge in [-0.05, 0) is 32.1 Å². The van der Waals surface area contributed by atoms with Crippen LogP contribution in [0.5, 0.6) is 0 Å². The molecule has 0 saturated carbocycles. The fraction of sp³-hybridized carbons (Fsp3) is 0.800. The van der Waals surface area contributed by atoms with Gasteiger partial charge in [-0.1, -0.05) is 32.4 Å². The Morgan fingerprint density at radius 2 is 1.70 bits per heavy atom. The predicted molar refractivity (Wildman–Crippen MR) is 48.1 cm³/mol. The van der Waals surface area contributed by atoms with E-state index in [2.05, 4.69) is 40.7 Å². The minimum Gasteiger partial charge on any atom is -0.0882 e. The van der Waals surface area contributed by atoms with Crippen molar-refractivity contribution in [1.29, 1.82) is 0 Å². The van der Waals surface area contributed by atoms with Crippen molar-refractivity contribution in [3.8, 4) is 0 Å². The molecule has 0 aromatic carbocycles. The van der Waals surface area contributed by atoms with Crippen LogP contribution in [0, 0.1) is 5.41 Å². The van der Waals surface area contributed by atoms with Gasteiger partial charge < -0.3 is 0 Å². The molecule has 0 aromatic heterocycles. The summed E-state index contributed by atoms with van der Waals surface area (Å²) >= 11 is 0. The van der Waals surface area contributed by atoms with Crippen LogP contribution >= 0.6 is 0 Å². The molecule has 10 heavy (non-hydrogen) atoms. The molecule has 0 bridgehead atoms. The van der Waals surface area contributed by atoms with Gasteiger partial charge in [0.25, 0.3) is 0 Å². The van der Waals surface area contributed by atoms with Crippen molar-refractivity contribution in [2.45, 2.75) is 47.5 Å². The first-order chi connectivity index (χ1) is 4.60. The van der Waals surface area contributed by atoms with Gasteiger partial charge in [-0.2, -0.15) is 0 Å². The van der Waals surface area contributed by atoms with E-state index in [0.717, 1.165) is 0 Å². The zero-order valence-corrected chi connectivity index (χ0v) is 7.99. The standard InChI is InChI=1S/C10H20/c1-6-9(4)10(5,7-2)8-3/h6H,7-8H2,1-5H3. The molecule has 0 aliphatic carbocycles. The van der Waals surface area contributed by atoms with E-state index >= 15 is 0 Å². The Morgan fingerprint density at radius 3 is 1.80 bits per heavy atom. The fourth-order valence-corrected chi connectivity index (χ4v) is 1.16. The number of hydrogen-bond acceptors (Lipinski definition) is 0. The monoisotopic (exact) mass is 140 g/mol. The van der Waals surface area contributed by atoms with Gasteiger partial charge in [0.05, 0.1) is 0 Å². The summed E-state index contributed by atoms with van der Waals surface area (Å²) in [6.45, 7) is 11.2. The first-order valence-electron chi connectivity index (χ1n) is 4.24. The van der Waals surface area contributed by atoms with E-state index in [-0.39, 0.29) is 0 Å². The van der Waals surface area contributed by atoms with E-state index in [4.69, 9.17) is 0 Å². The summed E-state index contributed by atoms with van der Waals surface area (Å²) < 4.78 is 0. The quantitative estimate of drug-likeness (QED) is 0.523. The average molecular weight is 140 g/mol. The molecule has 0 amide bonds. The summed E-state index contributed by atoms with van der Waals surface area (Å²) in [5, 5.41) is 0. The summed E-state index contributed by atoms with van der Waals surface area (Å²) in [7, 11) is 0. The fourth-order valence-electron chi connectivity index (χ4n) is 1.16. The molecule has 0 heteroatoms. The van der Waals surface area contributed by atoms with E-state index in [1.165, 1.54) is 18.4 Å². The molecule has 0 aliphatic heterocycles. The van der Waals surface area contributed by atoms with Gasteiger partial charge in [0, 0.05) is 0 Å². The minimum atomic E-state index is 0.453. The van der Waals surface area contributed by atoms with Crippen LogP contribution in [-0.4, -0.2) is 0 Å². The molecule has 0 rings (SSSR count). The number of rotatable bonds is 3. The smallest absolute Gasteiger partial charge is 0.0124 e. The van der Waals surface area contributed by atoms with E-state index in [1.54, 1.807) is 0 Å². The first kappa shape index (κ1) is 9.74. The third-order valence-electron chi connectivity index (χ3n) is 2.95. The van der Waals surface area contributed by atoms with E-state index in [1.807, 2.05) is 0 Å². The lowest BCUT2D eigenvalue weighted by Gasteiger charge is -2.27. The van der Waals surface area contributed by atoms with Crippen molar-refractivity contribution in [1.82, 2.24) is 0 Å². The summed E-state index contributed by atoms with van der Waals surface area (Å²) in [6, 6.07) is 0. The molecule has 0 aromatic rings. The van der Waals surface area contributed by atoms with Gasteiger partial charge in [0.1, 0.15) is 0 Å². The maximum absolute atomic E-state index is 2.34. The Bertz CT molecular complexity index is 116. The molecule has 0 aliphatic rings. The van der Waals surface area contributed by atoms with Gasteiger partial charge in [-0.15, -0.1) is 0 Å². The Hall–Kier alpha value is -0.260. The molecule has 60 valence electrons. The maximum Gasteiger partial charge on any atom is -0.0124 e. The van der Waals surface area contributed by atoms with Crippen LogP contribution in [0.4, 0.5) is 0 Å². The zero-order valence-electron chi connectivity index (χ0n) is 7.99. The summed E-state index contributed by atoms with van der Waals surface area (Å²) in [5.74, 6) is 0. The molecular weight excluding hydrogens is 120 g/mol. The lowest BCUT2D eigenvalue weighted by Crippen LogP contribution is -2.14. The average Bonchev–Trinajstić information content (AvgIpc) is 2.01. The van der Waals surface area contributed by atoms with Crippen molar-refractivity contribution in [3.05, 3.63) is 11.6 Å². The number of hydrogen-bond donors (Lipinski definition) is 0. The van der Waals surface area contributed by atoms with Crippen molar-refractivity contribution in [2.75, 3.05) is 0 Å². The normalized spacial score (nSPS) is 13.9. The summed E-state index contributed by atoms with van der Waals surface area (Å²) in [5.41, 5.74) is 1.98. The molecule has 0 spiro atoms. The van der Waals surface area contributed by atoms with Crippen LogP contribution in [0.25, 0.3) is 0 Å². The van der Waals surface area contributed by atoms with Crippen LogP contribution in [0.2, 0.25) is 0 Å². The highest BCUT2D eigenvalue weighted by molar-refractivity contribution is 5.08. The van der Waals surface area contributed by atoms with Crippen LogP contribution in [0.3, 0.4) is 0 Å². The Labute approximate surface area is 65.3 Å². The van der Waals surface area contributed by atoms with Crippen LogP contribution in [-0.2, 0) is 0 Å². The summed E-state index contributed by atoms with van der Waals surface area (Å²) in [6.07, 6.45) is 4.73. The van der Waals surface area contributed by atoms with Crippen molar-refractivity contribution in [3.63, 3.8) is 0 Å². The van der Waals surface area contributed by atoms with Crippen LogP contribution in [0.1, 0.15) is 47.5 Å². The number of allylic oxidation sites excluding steroid dienone is 2. The SMILES string of the molecule is CC=C(C)C(C)(CC)CC. The predicted octanol–water partition coefficient (Wildman–Crippen LogP) is 3.78. The van der Waals surface area contributed by atoms with Crippen molar-refractivity contribution >= 4 is 0 Å². The zero-order chi connectivity index (χ0) is 8.20. The molecule has 0 radical (unpaired) electrons. The van der Waals surface area contributed by atoms with Crippen molar-refractivity contribution in [2.24, 2.45) is 5.41 Å². The van der Waals surface area contributed by atoms with Crippen LogP contribution in [0.15, 0.2) is 11.6 Å². The summed E-state index contributed by atoms with van der Waals surface area (Å²) in [4.78, 5) is 0. The highest BCUT2D eigenvalue weighted by Crippen LogP contribution is 2.33. The maximum atomic E-state index is 2.34. The second kappa shape index (κ2) is 3.80. The second-order valence-corrected chi connectivity index (χ2v) is 3.24. The highest BCUT2D eigenvalue weighted by Gasteiger charge is 2.20. The molecule has 0 unspecified atom stereocenters. The molecular formula is C10H20. The third-order valence-corrected chi connectivity index (χ3v) is 2.95. The van der Waals surface area contributed by atoms with Gasteiger partial charge in [-0.25, -0.2) is 0 Å². The third kappa shape index (κ3) is 1.86. The van der Waals surface area contributed by atoms with Gasteiger partial charge in [0.15, 0.2) is 0 Å². The molecule has 0 heterocycles. The van der Waals surface area contributed by atoms with Crippen molar-refractivity contribution < 1.29 is 0 Å². The largest absolute Gasteiger partial charge is 0.0882 e. The van der Waals surface area contributed by atoms with E-state index in [9.17, 15) is 0 Å². The lowest BCUT2D eigenvalue weighted by molar-refractivity contribution is 0.367.